The number of fused-ring (bicyclic) bond motifs is 2. The minimum atomic E-state index is 0.373. The van der Waals surface area contributed by atoms with Gasteiger partial charge < -0.3 is 4.42 Å². The van der Waals surface area contributed by atoms with Crippen LogP contribution in [0.2, 0.25) is 0 Å². The third-order valence-corrected chi connectivity index (χ3v) is 7.13. The molecular weight excluding hydrogens is 364 g/mol. The van der Waals surface area contributed by atoms with Crippen LogP contribution in [0.1, 0.15) is 63.2 Å². The van der Waals surface area contributed by atoms with E-state index in [-0.39, 0.29) is 0 Å². The third kappa shape index (κ3) is 3.23. The molecule has 5 rings (SSSR count). The minimum absolute atomic E-state index is 0.373. The summed E-state index contributed by atoms with van der Waals surface area (Å²) in [5, 5.41) is 4.37. The van der Waals surface area contributed by atoms with E-state index >= 15 is 0 Å². The highest BCUT2D eigenvalue weighted by Gasteiger charge is 2.27. The highest BCUT2D eigenvalue weighted by atomic mass is 32.1. The molecule has 3 nitrogen and oxygen atoms in total. The van der Waals surface area contributed by atoms with Crippen LogP contribution in [0.15, 0.2) is 40.3 Å². The fraction of sp³-hybridized carbons (Fsp3) is 0.458. The van der Waals surface area contributed by atoms with E-state index in [4.69, 9.17) is 4.42 Å². The fourth-order valence-electron chi connectivity index (χ4n) is 4.86. The maximum Gasteiger partial charge on any atom is 0.134 e. The Bertz CT molecular complexity index is 999. The van der Waals surface area contributed by atoms with Gasteiger partial charge in [0.05, 0.1) is 0 Å². The zero-order valence-electron chi connectivity index (χ0n) is 16.8. The fourth-order valence-corrected chi connectivity index (χ4v) is 5.49. The first-order chi connectivity index (χ1) is 13.7. The molecule has 0 bridgehead atoms. The summed E-state index contributed by atoms with van der Waals surface area (Å²) >= 11 is 1.69. The van der Waals surface area contributed by atoms with E-state index in [9.17, 15) is 0 Å². The lowest BCUT2D eigenvalue weighted by Gasteiger charge is -2.33. The first kappa shape index (κ1) is 18.1. The topological polar surface area (TPSA) is 29.3 Å². The predicted octanol–water partition coefficient (Wildman–Crippen LogP) is 6.71. The lowest BCUT2D eigenvalue weighted by molar-refractivity contribution is 0.161. The molecule has 1 aromatic carbocycles. The van der Waals surface area contributed by atoms with Crippen LogP contribution < -0.4 is 0 Å². The van der Waals surface area contributed by atoms with Crippen molar-refractivity contribution in [1.29, 1.82) is 0 Å². The predicted molar refractivity (Wildman–Crippen MR) is 118 cm³/mol. The van der Waals surface area contributed by atoms with Crippen LogP contribution in [0, 0.1) is 0 Å². The molecule has 0 N–H and O–H groups in total. The second-order valence-corrected chi connectivity index (χ2v) is 9.35. The second-order valence-electron chi connectivity index (χ2n) is 8.46. The van der Waals surface area contributed by atoms with Gasteiger partial charge in [0.25, 0.3) is 0 Å². The highest BCUT2D eigenvalue weighted by molar-refractivity contribution is 7.13. The van der Waals surface area contributed by atoms with Crippen LogP contribution in [0.25, 0.3) is 27.1 Å². The quantitative estimate of drug-likeness (QED) is 0.496. The molecule has 28 heavy (non-hydrogen) atoms. The van der Waals surface area contributed by atoms with Gasteiger partial charge in [-0.25, -0.2) is 4.98 Å². The van der Waals surface area contributed by atoms with Crippen LogP contribution in [-0.2, 0) is 0 Å². The molecule has 1 fully saturated rings. The number of allylic oxidation sites excluding steroid dienone is 1. The van der Waals surface area contributed by atoms with Crippen LogP contribution >= 0.6 is 11.3 Å². The van der Waals surface area contributed by atoms with Crippen LogP contribution in [0.4, 0.5) is 0 Å². The first-order valence-electron chi connectivity index (χ1n) is 10.6. The van der Waals surface area contributed by atoms with E-state index in [1.807, 2.05) is 11.6 Å². The van der Waals surface area contributed by atoms with Crippen molar-refractivity contribution in [2.45, 2.75) is 57.9 Å². The zero-order chi connectivity index (χ0) is 19.1. The molecule has 2 aliphatic heterocycles. The Labute approximate surface area is 171 Å². The minimum Gasteiger partial charge on any atom is -0.460 e. The molecule has 0 saturated carbocycles. The van der Waals surface area contributed by atoms with Gasteiger partial charge in [0.1, 0.15) is 16.4 Å². The number of thiazole rings is 1. The van der Waals surface area contributed by atoms with Gasteiger partial charge in [0.15, 0.2) is 0 Å². The summed E-state index contributed by atoms with van der Waals surface area (Å²) in [5.74, 6) is 1.51. The molecule has 2 aromatic heterocycles. The molecule has 4 heteroatoms. The van der Waals surface area contributed by atoms with Gasteiger partial charge in [-0.05, 0) is 56.0 Å². The Hall–Kier alpha value is -1.91. The van der Waals surface area contributed by atoms with Crippen LogP contribution in [0.3, 0.4) is 0 Å². The number of rotatable bonds is 3. The molecule has 4 heterocycles. The van der Waals surface area contributed by atoms with Crippen molar-refractivity contribution >= 4 is 27.9 Å². The summed E-state index contributed by atoms with van der Waals surface area (Å²) in [7, 11) is 0. The van der Waals surface area contributed by atoms with Gasteiger partial charge in [-0.2, -0.15) is 0 Å². The molecule has 1 unspecified atom stereocenters. The number of piperidine rings is 1. The van der Waals surface area contributed by atoms with Crippen molar-refractivity contribution in [3.05, 3.63) is 47.2 Å². The van der Waals surface area contributed by atoms with Crippen molar-refractivity contribution in [2.75, 3.05) is 13.1 Å². The van der Waals surface area contributed by atoms with E-state index in [2.05, 4.69) is 48.0 Å². The lowest BCUT2D eigenvalue weighted by atomic mass is 9.92. The third-order valence-electron chi connectivity index (χ3n) is 6.31. The molecule has 0 amide bonds. The van der Waals surface area contributed by atoms with Gasteiger partial charge in [0.2, 0.25) is 0 Å². The smallest absolute Gasteiger partial charge is 0.134 e. The normalized spacial score (nSPS) is 21.0. The zero-order valence-corrected chi connectivity index (χ0v) is 17.6. The molecule has 2 aliphatic rings. The molecular formula is C24H28N2OS. The van der Waals surface area contributed by atoms with Gasteiger partial charge in [-0.1, -0.05) is 26.3 Å². The number of hydrogen-bond acceptors (Lipinski definition) is 4. The summed E-state index contributed by atoms with van der Waals surface area (Å²) in [6.07, 6.45) is 10.9. The molecule has 0 spiro atoms. The largest absolute Gasteiger partial charge is 0.460 e. The first-order valence-corrected chi connectivity index (χ1v) is 11.5. The number of nitrogens with zero attached hydrogens (tertiary/aromatic N) is 2. The average Bonchev–Trinajstić information content (AvgIpc) is 3.32. The highest BCUT2D eigenvalue weighted by Crippen LogP contribution is 2.41. The molecule has 1 saturated heterocycles. The van der Waals surface area contributed by atoms with E-state index < -0.39 is 0 Å². The Morgan fingerprint density at radius 2 is 2.14 bits per heavy atom. The van der Waals surface area contributed by atoms with Gasteiger partial charge >= 0.3 is 0 Å². The van der Waals surface area contributed by atoms with Crippen LogP contribution in [-0.4, -0.2) is 29.0 Å². The SMILES string of the molecule is CC(C)c1oc2ccc(-c3nccs3)cc2c1C1=CCN2CCCCC2CC1. The molecule has 0 aliphatic carbocycles. The lowest BCUT2D eigenvalue weighted by Crippen LogP contribution is -2.38. The van der Waals surface area contributed by atoms with Crippen molar-refractivity contribution in [1.82, 2.24) is 9.88 Å². The Morgan fingerprint density at radius 3 is 2.96 bits per heavy atom. The summed E-state index contributed by atoms with van der Waals surface area (Å²) < 4.78 is 6.37. The Balaban J connectivity index is 1.61. The number of hydrogen-bond donors (Lipinski definition) is 0. The van der Waals surface area contributed by atoms with E-state index in [1.54, 1.807) is 11.3 Å². The Kier molecular flexibility index (Phi) is 4.85. The summed E-state index contributed by atoms with van der Waals surface area (Å²) in [6.45, 7) is 6.81. The molecule has 1 atom stereocenters. The molecule has 0 radical (unpaired) electrons. The number of benzene rings is 1. The second kappa shape index (κ2) is 7.49. The van der Waals surface area contributed by atoms with Crippen molar-refractivity contribution in [2.24, 2.45) is 0 Å². The van der Waals surface area contributed by atoms with Gasteiger partial charge in [0, 0.05) is 46.6 Å². The van der Waals surface area contributed by atoms with Gasteiger partial charge in [-0.3, -0.25) is 4.90 Å². The van der Waals surface area contributed by atoms with Crippen molar-refractivity contribution in [3.63, 3.8) is 0 Å². The van der Waals surface area contributed by atoms with Crippen molar-refractivity contribution in [3.8, 4) is 10.6 Å². The maximum absolute atomic E-state index is 6.37. The average molecular weight is 393 g/mol. The molecule has 146 valence electrons. The summed E-state index contributed by atoms with van der Waals surface area (Å²) in [4.78, 5) is 7.20. The van der Waals surface area contributed by atoms with Crippen molar-refractivity contribution < 1.29 is 4.42 Å². The monoisotopic (exact) mass is 392 g/mol. The number of aromatic nitrogens is 1. The van der Waals surface area contributed by atoms with E-state index in [1.165, 1.54) is 54.3 Å². The maximum atomic E-state index is 6.37. The van der Waals surface area contributed by atoms with E-state index in [0.29, 0.717) is 5.92 Å². The number of furan rings is 1. The van der Waals surface area contributed by atoms with E-state index in [0.717, 1.165) is 35.4 Å². The Morgan fingerprint density at radius 1 is 1.21 bits per heavy atom. The molecule has 3 aromatic rings. The summed E-state index contributed by atoms with van der Waals surface area (Å²) in [5.41, 5.74) is 5.02. The van der Waals surface area contributed by atoms with Gasteiger partial charge in [-0.15, -0.1) is 11.3 Å². The van der Waals surface area contributed by atoms with Crippen LogP contribution in [0.5, 0.6) is 0 Å². The standard InChI is InChI=1S/C24H28N2OS/c1-16(2)23-22(17-6-8-19-5-3-4-12-26(19)13-10-17)20-15-18(7-9-21(20)27-23)24-25-11-14-28-24/h7,9-11,14-16,19H,3-6,8,12-13H2,1-2H3. The summed E-state index contributed by atoms with van der Waals surface area (Å²) in [6, 6.07) is 7.31.